The number of hydrogen-bond acceptors (Lipinski definition) is 10. The van der Waals surface area contributed by atoms with Crippen LogP contribution in [0.4, 0.5) is 13.2 Å². The first kappa shape index (κ1) is 26.3. The fourth-order valence-electron chi connectivity index (χ4n) is 5.23. The van der Waals surface area contributed by atoms with Crippen LogP contribution in [-0.2, 0) is 0 Å². The molecule has 0 aliphatic heterocycles. The number of ketones is 2. The summed E-state index contributed by atoms with van der Waals surface area (Å²) >= 11 is 4.48. The molecule has 6 nitrogen and oxygen atoms in total. The maximum absolute atomic E-state index is 13.7. The average Bonchev–Trinajstić information content (AvgIpc) is 3.73. The van der Waals surface area contributed by atoms with Crippen LogP contribution in [0.1, 0.15) is 37.4 Å². The number of hydrogen-bond donors (Lipinski definition) is 0. The molecule has 0 atom stereocenters. The topological polar surface area (TPSA) is 94.1 Å². The minimum Gasteiger partial charge on any atom is -0.294 e. The van der Waals surface area contributed by atoms with Gasteiger partial charge in [0.1, 0.15) is 21.0 Å². The molecule has 0 radical (unpaired) electrons. The van der Waals surface area contributed by atoms with Crippen LogP contribution in [0.2, 0.25) is 0 Å². The minimum atomic E-state index is -4.98. The fraction of sp³-hybridized carbons (Fsp3) is 0.143. The zero-order valence-electron chi connectivity index (χ0n) is 21.1. The van der Waals surface area contributed by atoms with E-state index < -0.39 is 16.8 Å². The molecule has 4 aromatic heterocycles. The van der Waals surface area contributed by atoms with E-state index in [1.165, 1.54) is 35.7 Å². The van der Waals surface area contributed by atoms with Crippen molar-refractivity contribution in [3.63, 3.8) is 0 Å². The lowest BCUT2D eigenvalue weighted by molar-refractivity contribution is -0.0882. The summed E-state index contributed by atoms with van der Waals surface area (Å²) in [6.45, 7) is 5.06. The largest absolute Gasteiger partial charge is 0.455 e. The third-order valence-electron chi connectivity index (χ3n) is 7.05. The van der Waals surface area contributed by atoms with Crippen molar-refractivity contribution in [1.82, 2.24) is 9.97 Å². The van der Waals surface area contributed by atoms with Crippen LogP contribution in [0.25, 0.3) is 61.7 Å². The molecule has 3 aromatic carbocycles. The molecule has 0 saturated heterocycles. The molecule has 0 amide bonds. The van der Waals surface area contributed by atoms with Gasteiger partial charge in [-0.25, -0.2) is 9.97 Å². The van der Waals surface area contributed by atoms with Gasteiger partial charge in [-0.1, -0.05) is 0 Å². The number of rotatable bonds is 4. The zero-order chi connectivity index (χ0) is 29.1. The number of Topliss-reactive ketones (excluding diaryl/α,β-unsaturated/α-hetero) is 2. The van der Waals surface area contributed by atoms with E-state index in [-0.39, 0.29) is 22.2 Å². The Morgan fingerprint density at radius 1 is 0.683 bits per heavy atom. The van der Waals surface area contributed by atoms with Gasteiger partial charge in [0.2, 0.25) is 10.9 Å². The lowest BCUT2D eigenvalue weighted by Crippen LogP contribution is -2.21. The maximum atomic E-state index is 13.7. The van der Waals surface area contributed by atoms with Crippen LogP contribution in [0, 0.1) is 13.8 Å². The molecule has 204 valence electrons. The van der Waals surface area contributed by atoms with Gasteiger partial charge in [0.05, 0.1) is 28.9 Å². The van der Waals surface area contributed by atoms with Crippen molar-refractivity contribution in [2.45, 2.75) is 26.9 Å². The van der Waals surface area contributed by atoms with Crippen LogP contribution in [0.3, 0.4) is 0 Å². The lowest BCUT2D eigenvalue weighted by Gasteiger charge is -2.05. The molecule has 0 spiro atoms. The second-order valence-electron chi connectivity index (χ2n) is 9.51. The molecule has 0 saturated carbocycles. The van der Waals surface area contributed by atoms with Crippen LogP contribution in [-0.4, -0.2) is 27.7 Å². The van der Waals surface area contributed by atoms with Gasteiger partial charge in [-0.15, -0.1) is 45.3 Å². The molecule has 41 heavy (non-hydrogen) atoms. The van der Waals surface area contributed by atoms with E-state index in [1.54, 1.807) is 19.9 Å². The van der Waals surface area contributed by atoms with Gasteiger partial charge in [0.15, 0.2) is 5.78 Å². The monoisotopic (exact) mass is 626 g/mol. The van der Waals surface area contributed by atoms with Gasteiger partial charge in [-0.3, -0.25) is 19.2 Å². The second-order valence-corrected chi connectivity index (χ2v) is 13.7. The molecule has 4 heterocycles. The van der Waals surface area contributed by atoms with Crippen LogP contribution < -0.4 is 10.9 Å². The van der Waals surface area contributed by atoms with Gasteiger partial charge in [-0.2, -0.15) is 13.2 Å². The number of thiophene rings is 2. The number of benzene rings is 1. The van der Waals surface area contributed by atoms with E-state index in [2.05, 4.69) is 9.97 Å². The molecule has 0 unspecified atom stereocenters. The Bertz CT molecular complexity index is 2380. The Balaban J connectivity index is 1.43. The number of thiazole rings is 2. The second kappa shape index (κ2) is 8.68. The summed E-state index contributed by atoms with van der Waals surface area (Å²) in [5.41, 5.74) is 1.19. The lowest BCUT2D eigenvalue weighted by atomic mass is 9.99. The summed E-state index contributed by atoms with van der Waals surface area (Å²) in [5.74, 6) is -1.98. The number of aromatic nitrogens is 2. The highest BCUT2D eigenvalue weighted by Crippen LogP contribution is 2.45. The molecule has 0 N–H and O–H groups in total. The normalized spacial score (nSPS) is 12.5. The van der Waals surface area contributed by atoms with E-state index in [0.29, 0.717) is 78.7 Å². The molecule has 0 aliphatic carbocycles. The maximum Gasteiger partial charge on any atom is 0.455 e. The summed E-state index contributed by atoms with van der Waals surface area (Å²) in [5, 5.41) is 3.15. The number of alkyl halides is 3. The van der Waals surface area contributed by atoms with E-state index >= 15 is 0 Å². The standard InChI is InChI=1S/C28H13F3N2O4S4/c1-8-16-18(24-20(22(16)36)33-27(41-24)14-7-5-12(39-14)25(37)28(29,30)31)9(2)15-17(8)23-19(21(15)35)32-26(40-23)13-6-4-11(38-13)10(3)34/h4-7H,1-3H3. The van der Waals surface area contributed by atoms with Crippen LogP contribution in [0.15, 0.2) is 33.9 Å². The van der Waals surface area contributed by atoms with Gasteiger partial charge in [0, 0.05) is 21.5 Å². The Kier molecular flexibility index (Phi) is 5.56. The van der Waals surface area contributed by atoms with Gasteiger partial charge < -0.3 is 0 Å². The van der Waals surface area contributed by atoms with Crippen molar-refractivity contribution in [2.75, 3.05) is 0 Å². The fourth-order valence-corrected chi connectivity index (χ4v) is 9.54. The Hall–Kier alpha value is -3.65. The van der Waals surface area contributed by atoms with Crippen molar-refractivity contribution in [3.05, 3.63) is 65.6 Å². The summed E-state index contributed by atoms with van der Waals surface area (Å²) in [7, 11) is 0. The van der Waals surface area contributed by atoms with Crippen LogP contribution >= 0.6 is 45.3 Å². The summed E-state index contributed by atoms with van der Waals surface area (Å²) in [4.78, 5) is 61.1. The first-order chi connectivity index (χ1) is 19.4. The van der Waals surface area contributed by atoms with Gasteiger partial charge >= 0.3 is 6.18 Å². The predicted octanol–water partition coefficient (Wildman–Crippen LogP) is 7.83. The molecule has 13 heteroatoms. The number of nitrogens with zero attached hydrogens (tertiary/aromatic N) is 2. The molecule has 7 aromatic rings. The number of aryl methyl sites for hydroxylation is 2. The SMILES string of the molecule is CC(=O)c1ccc(-c2nc3c(=O)c4c(C)c5c(c(C)c4c3s2)c(=O)c2nc(-c3ccc(C(=O)C(F)(F)F)s3)sc25)s1. The van der Waals surface area contributed by atoms with Crippen molar-refractivity contribution in [1.29, 1.82) is 0 Å². The highest BCUT2D eigenvalue weighted by Gasteiger charge is 2.40. The number of fused-ring (bicyclic) bond motifs is 6. The Morgan fingerprint density at radius 3 is 1.54 bits per heavy atom. The zero-order valence-corrected chi connectivity index (χ0v) is 24.4. The molecular formula is C28H13F3N2O4S4. The number of carbonyl (C=O) groups excluding carboxylic acids is 2. The van der Waals surface area contributed by atoms with E-state index in [1.807, 2.05) is 6.07 Å². The van der Waals surface area contributed by atoms with Gasteiger partial charge in [0.25, 0.3) is 5.78 Å². The van der Waals surface area contributed by atoms with Crippen LogP contribution in [0.5, 0.6) is 0 Å². The van der Waals surface area contributed by atoms with E-state index in [9.17, 15) is 32.3 Å². The minimum absolute atomic E-state index is 0.0501. The first-order valence-electron chi connectivity index (χ1n) is 12.0. The summed E-state index contributed by atoms with van der Waals surface area (Å²) in [6, 6.07) is 6.04. The molecule has 0 bridgehead atoms. The molecular weight excluding hydrogens is 614 g/mol. The highest BCUT2D eigenvalue weighted by atomic mass is 32.1. The third kappa shape index (κ3) is 3.65. The van der Waals surface area contributed by atoms with Crippen molar-refractivity contribution < 1.29 is 22.8 Å². The highest BCUT2D eigenvalue weighted by molar-refractivity contribution is 7.27. The van der Waals surface area contributed by atoms with Crippen molar-refractivity contribution in [3.8, 4) is 19.8 Å². The quantitative estimate of drug-likeness (QED) is 0.185. The van der Waals surface area contributed by atoms with Gasteiger partial charge in [-0.05, 0) is 56.2 Å². The summed E-state index contributed by atoms with van der Waals surface area (Å²) in [6.07, 6.45) is -4.98. The molecule has 0 aliphatic rings. The smallest absolute Gasteiger partial charge is 0.294 e. The van der Waals surface area contributed by atoms with E-state index in [4.69, 9.17) is 0 Å². The van der Waals surface area contributed by atoms with Crippen molar-refractivity contribution >= 4 is 98.9 Å². The third-order valence-corrected chi connectivity index (χ3v) is 11.8. The molecule has 0 fully saturated rings. The molecule has 7 rings (SSSR count). The first-order valence-corrected chi connectivity index (χ1v) is 15.2. The summed E-state index contributed by atoms with van der Waals surface area (Å²) < 4.78 is 39.9. The average molecular weight is 627 g/mol. The predicted molar refractivity (Wildman–Crippen MR) is 159 cm³/mol. The number of carbonyl (C=O) groups is 2. The van der Waals surface area contributed by atoms with Crippen molar-refractivity contribution in [2.24, 2.45) is 0 Å². The number of halogens is 3. The Morgan fingerprint density at radius 2 is 1.12 bits per heavy atom. The Labute approximate surface area is 243 Å². The van der Waals surface area contributed by atoms with E-state index in [0.717, 1.165) is 22.3 Å².